The number of hydrogen-bond acceptors (Lipinski definition) is 4. The van der Waals surface area contributed by atoms with Gasteiger partial charge >= 0.3 is 0 Å². The first-order chi connectivity index (χ1) is 16.0. The molecule has 0 saturated carbocycles. The third-order valence-electron chi connectivity index (χ3n) is 5.58. The number of carbonyl (C=O) groups is 2. The van der Waals surface area contributed by atoms with Crippen molar-refractivity contribution in [2.75, 3.05) is 25.5 Å². The fraction of sp³-hybridized carbons (Fsp3) is 0.259. The van der Waals surface area contributed by atoms with E-state index < -0.39 is 0 Å². The molecule has 33 heavy (non-hydrogen) atoms. The molecular formula is C27H31N3O3. The van der Waals surface area contributed by atoms with Gasteiger partial charge in [-0.3, -0.25) is 14.5 Å². The van der Waals surface area contributed by atoms with Crippen molar-refractivity contribution < 1.29 is 14.3 Å². The van der Waals surface area contributed by atoms with Gasteiger partial charge in [-0.2, -0.15) is 0 Å². The summed E-state index contributed by atoms with van der Waals surface area (Å²) in [7, 11) is 1.58. The summed E-state index contributed by atoms with van der Waals surface area (Å²) < 4.78 is 5.12. The van der Waals surface area contributed by atoms with Crippen molar-refractivity contribution in [1.82, 2.24) is 10.2 Å². The van der Waals surface area contributed by atoms with Crippen molar-refractivity contribution in [3.05, 3.63) is 95.1 Å². The molecule has 0 bridgehead atoms. The van der Waals surface area contributed by atoms with Gasteiger partial charge in [0.05, 0.1) is 7.11 Å². The number of benzene rings is 3. The predicted molar refractivity (Wildman–Crippen MR) is 132 cm³/mol. The minimum atomic E-state index is -0.249. The van der Waals surface area contributed by atoms with Crippen molar-refractivity contribution in [3.8, 4) is 5.75 Å². The van der Waals surface area contributed by atoms with Crippen LogP contribution in [0, 0.1) is 0 Å². The molecule has 0 aliphatic carbocycles. The first-order valence-corrected chi connectivity index (χ1v) is 11.2. The Morgan fingerprint density at radius 2 is 1.52 bits per heavy atom. The van der Waals surface area contributed by atoms with Crippen molar-refractivity contribution in [2.24, 2.45) is 0 Å². The molecule has 3 aromatic carbocycles. The molecule has 0 aromatic heterocycles. The summed E-state index contributed by atoms with van der Waals surface area (Å²) in [6.07, 6.45) is 0. The molecule has 172 valence electrons. The highest BCUT2D eigenvalue weighted by Gasteiger charge is 2.11. The molecule has 0 aliphatic rings. The van der Waals surface area contributed by atoms with Gasteiger partial charge in [-0.25, -0.2) is 0 Å². The fourth-order valence-corrected chi connectivity index (χ4v) is 3.53. The molecule has 3 aromatic rings. The smallest absolute Gasteiger partial charge is 0.255 e. The highest BCUT2D eigenvalue weighted by molar-refractivity contribution is 6.05. The molecule has 6 heteroatoms. The van der Waals surface area contributed by atoms with Crippen LogP contribution in [0.4, 0.5) is 5.69 Å². The molecule has 6 nitrogen and oxygen atoms in total. The molecule has 0 saturated heterocycles. The van der Waals surface area contributed by atoms with E-state index >= 15 is 0 Å². The number of hydrogen-bond donors (Lipinski definition) is 2. The first-order valence-electron chi connectivity index (χ1n) is 11.2. The van der Waals surface area contributed by atoms with Gasteiger partial charge in [0.2, 0.25) is 0 Å². The van der Waals surface area contributed by atoms with E-state index in [-0.39, 0.29) is 11.8 Å². The Morgan fingerprint density at radius 3 is 2.18 bits per heavy atom. The molecule has 0 aliphatic heterocycles. The molecule has 0 radical (unpaired) electrons. The van der Waals surface area contributed by atoms with Crippen LogP contribution in [0.2, 0.25) is 0 Å². The second-order valence-corrected chi connectivity index (χ2v) is 7.68. The molecular weight excluding hydrogens is 414 g/mol. The summed E-state index contributed by atoms with van der Waals surface area (Å²) in [5.74, 6) is 0.248. The van der Waals surface area contributed by atoms with Crippen LogP contribution in [0.5, 0.6) is 5.75 Å². The lowest BCUT2D eigenvalue weighted by Gasteiger charge is -2.20. The monoisotopic (exact) mass is 445 g/mol. The van der Waals surface area contributed by atoms with E-state index in [9.17, 15) is 9.59 Å². The summed E-state index contributed by atoms with van der Waals surface area (Å²) in [6, 6.07) is 22.0. The van der Waals surface area contributed by atoms with Crippen molar-refractivity contribution >= 4 is 17.5 Å². The minimum absolute atomic E-state index is 0.187. The van der Waals surface area contributed by atoms with Gasteiger partial charge in [-0.05, 0) is 66.7 Å². The number of nitrogens with zero attached hydrogens (tertiary/aromatic N) is 1. The van der Waals surface area contributed by atoms with E-state index in [1.807, 2.05) is 18.2 Å². The maximum Gasteiger partial charge on any atom is 0.255 e. The lowest BCUT2D eigenvalue weighted by molar-refractivity contribution is 0.0949. The number of nitrogens with one attached hydrogen (secondary N) is 2. The van der Waals surface area contributed by atoms with Crippen LogP contribution in [-0.2, 0) is 13.1 Å². The third kappa shape index (κ3) is 6.67. The van der Waals surface area contributed by atoms with Gasteiger partial charge in [-0.15, -0.1) is 0 Å². The largest absolute Gasteiger partial charge is 0.497 e. The predicted octanol–water partition coefficient (Wildman–Crippen LogP) is 4.72. The standard InChI is InChI=1S/C27H31N3O3/c1-4-30(5-2)19-23-10-7-6-9-22(23)18-28-26(31)21-11-8-12-24(17-21)29-27(32)20-13-15-25(33-3)16-14-20/h6-17H,4-5,18-19H2,1-3H3,(H,28,31)(H,29,32). The molecule has 2 N–H and O–H groups in total. The van der Waals surface area contributed by atoms with Gasteiger partial charge < -0.3 is 15.4 Å². The van der Waals surface area contributed by atoms with Gasteiger partial charge in [0.15, 0.2) is 0 Å². The number of rotatable bonds is 10. The normalized spacial score (nSPS) is 10.7. The SMILES string of the molecule is CCN(CC)Cc1ccccc1CNC(=O)c1cccc(NC(=O)c2ccc(OC)cc2)c1. The number of amides is 2. The minimum Gasteiger partial charge on any atom is -0.497 e. The maximum atomic E-state index is 12.8. The summed E-state index contributed by atoms with van der Waals surface area (Å²) in [6.45, 7) is 7.55. The Kier molecular flexibility index (Phi) is 8.61. The lowest BCUT2D eigenvalue weighted by atomic mass is 10.1. The molecule has 0 atom stereocenters. The average Bonchev–Trinajstić information content (AvgIpc) is 2.86. The summed E-state index contributed by atoms with van der Waals surface area (Å²) in [4.78, 5) is 27.7. The Morgan fingerprint density at radius 1 is 0.818 bits per heavy atom. The molecule has 0 heterocycles. The van der Waals surface area contributed by atoms with E-state index in [0.717, 1.165) is 25.2 Å². The first kappa shape index (κ1) is 24.0. The van der Waals surface area contributed by atoms with Crippen LogP contribution in [-0.4, -0.2) is 36.9 Å². The van der Waals surface area contributed by atoms with Gasteiger partial charge in [0, 0.05) is 29.9 Å². The molecule has 2 amide bonds. The topological polar surface area (TPSA) is 70.7 Å². The van der Waals surface area contributed by atoms with E-state index in [4.69, 9.17) is 4.74 Å². The van der Waals surface area contributed by atoms with Gasteiger partial charge in [-0.1, -0.05) is 44.2 Å². The molecule has 0 fully saturated rings. The van der Waals surface area contributed by atoms with Crippen molar-refractivity contribution in [2.45, 2.75) is 26.9 Å². The van der Waals surface area contributed by atoms with Crippen molar-refractivity contribution in [3.63, 3.8) is 0 Å². The highest BCUT2D eigenvalue weighted by atomic mass is 16.5. The number of ether oxygens (including phenoxy) is 1. The second kappa shape index (κ2) is 11.8. The maximum absolute atomic E-state index is 12.8. The highest BCUT2D eigenvalue weighted by Crippen LogP contribution is 2.16. The average molecular weight is 446 g/mol. The quantitative estimate of drug-likeness (QED) is 0.474. The van der Waals surface area contributed by atoms with Crippen LogP contribution in [0.15, 0.2) is 72.8 Å². The number of carbonyl (C=O) groups excluding carboxylic acids is 2. The Labute approximate surface area is 195 Å². The Balaban J connectivity index is 1.63. The summed E-state index contributed by atoms with van der Waals surface area (Å²) in [5, 5.41) is 5.85. The van der Waals surface area contributed by atoms with Crippen LogP contribution in [0.3, 0.4) is 0 Å². The fourth-order valence-electron chi connectivity index (χ4n) is 3.53. The van der Waals surface area contributed by atoms with Crippen LogP contribution in [0.1, 0.15) is 45.7 Å². The van der Waals surface area contributed by atoms with E-state index in [1.54, 1.807) is 55.6 Å². The number of anilines is 1. The molecule has 3 rings (SSSR count). The summed E-state index contributed by atoms with van der Waals surface area (Å²) >= 11 is 0. The zero-order valence-electron chi connectivity index (χ0n) is 19.4. The third-order valence-corrected chi connectivity index (χ3v) is 5.58. The zero-order chi connectivity index (χ0) is 23.6. The van der Waals surface area contributed by atoms with Crippen LogP contribution in [0.25, 0.3) is 0 Å². The second-order valence-electron chi connectivity index (χ2n) is 7.68. The molecule has 0 unspecified atom stereocenters. The number of methoxy groups -OCH3 is 1. The van der Waals surface area contributed by atoms with E-state index in [0.29, 0.717) is 29.1 Å². The lowest BCUT2D eigenvalue weighted by Crippen LogP contribution is -2.26. The van der Waals surface area contributed by atoms with Crippen LogP contribution < -0.4 is 15.4 Å². The van der Waals surface area contributed by atoms with E-state index in [1.165, 1.54) is 5.56 Å². The van der Waals surface area contributed by atoms with Crippen molar-refractivity contribution in [1.29, 1.82) is 0 Å². The van der Waals surface area contributed by atoms with Crippen LogP contribution >= 0.6 is 0 Å². The zero-order valence-corrected chi connectivity index (χ0v) is 19.4. The summed E-state index contributed by atoms with van der Waals surface area (Å²) in [5.41, 5.74) is 3.87. The Bertz CT molecular complexity index is 1080. The van der Waals surface area contributed by atoms with E-state index in [2.05, 4.69) is 35.4 Å². The Hall–Kier alpha value is -3.64. The molecule has 0 spiro atoms. The van der Waals surface area contributed by atoms with Gasteiger partial charge in [0.25, 0.3) is 11.8 Å². The van der Waals surface area contributed by atoms with Gasteiger partial charge in [0.1, 0.15) is 5.75 Å².